The number of rotatable bonds is 5. The SMILES string of the molecule is CCN1CCN(c2ccc(Nc3cnn(-c4ccc(C(F)(F)F)cn4)c(=O)c3Cl)cc2C)CC1. The molecule has 0 aliphatic carbocycles. The summed E-state index contributed by atoms with van der Waals surface area (Å²) in [5, 5.41) is 6.99. The number of pyridine rings is 1. The number of nitrogens with zero attached hydrogens (tertiary/aromatic N) is 5. The molecule has 34 heavy (non-hydrogen) atoms. The lowest BCUT2D eigenvalue weighted by atomic mass is 10.1. The van der Waals surface area contributed by atoms with Crippen molar-refractivity contribution < 1.29 is 13.2 Å². The Labute approximate surface area is 199 Å². The first-order valence-corrected chi connectivity index (χ1v) is 11.2. The largest absolute Gasteiger partial charge is 0.417 e. The lowest BCUT2D eigenvalue weighted by Crippen LogP contribution is -2.46. The molecule has 2 aromatic heterocycles. The molecule has 0 atom stereocenters. The van der Waals surface area contributed by atoms with Crippen LogP contribution in [-0.4, -0.2) is 52.4 Å². The van der Waals surface area contributed by atoms with Gasteiger partial charge in [0.25, 0.3) is 5.56 Å². The van der Waals surface area contributed by atoms with E-state index in [0.717, 1.165) is 66.5 Å². The van der Waals surface area contributed by atoms with Crippen molar-refractivity contribution in [2.45, 2.75) is 20.0 Å². The van der Waals surface area contributed by atoms with Crippen molar-refractivity contribution in [2.24, 2.45) is 0 Å². The Morgan fingerprint density at radius 2 is 1.82 bits per heavy atom. The molecule has 1 aromatic carbocycles. The first-order chi connectivity index (χ1) is 16.2. The highest BCUT2D eigenvalue weighted by atomic mass is 35.5. The van der Waals surface area contributed by atoms with Gasteiger partial charge in [0.15, 0.2) is 5.82 Å². The Balaban J connectivity index is 1.52. The molecule has 7 nitrogen and oxygen atoms in total. The number of nitrogens with one attached hydrogen (secondary N) is 1. The monoisotopic (exact) mass is 492 g/mol. The van der Waals surface area contributed by atoms with Gasteiger partial charge in [0.1, 0.15) is 5.02 Å². The zero-order valence-corrected chi connectivity index (χ0v) is 19.5. The van der Waals surface area contributed by atoms with Crippen LogP contribution in [0, 0.1) is 6.92 Å². The number of aryl methyl sites for hydroxylation is 1. The number of aromatic nitrogens is 3. The molecule has 1 N–H and O–H groups in total. The number of anilines is 3. The van der Waals surface area contributed by atoms with Crippen LogP contribution in [0.3, 0.4) is 0 Å². The van der Waals surface area contributed by atoms with E-state index >= 15 is 0 Å². The van der Waals surface area contributed by atoms with E-state index in [9.17, 15) is 18.0 Å². The van der Waals surface area contributed by atoms with Gasteiger partial charge >= 0.3 is 6.18 Å². The third-order valence-electron chi connectivity index (χ3n) is 5.85. The van der Waals surface area contributed by atoms with Crippen LogP contribution in [-0.2, 0) is 6.18 Å². The third-order valence-corrected chi connectivity index (χ3v) is 6.21. The molecular weight excluding hydrogens is 469 g/mol. The number of piperazine rings is 1. The van der Waals surface area contributed by atoms with Crippen molar-refractivity contribution in [1.82, 2.24) is 19.7 Å². The average molecular weight is 493 g/mol. The number of benzene rings is 1. The summed E-state index contributed by atoms with van der Waals surface area (Å²) in [4.78, 5) is 21.2. The molecule has 3 aromatic rings. The van der Waals surface area contributed by atoms with Gasteiger partial charge in [-0.15, -0.1) is 0 Å². The summed E-state index contributed by atoms with van der Waals surface area (Å²) in [7, 11) is 0. The quantitative estimate of drug-likeness (QED) is 0.566. The second-order valence-electron chi connectivity index (χ2n) is 8.04. The standard InChI is InChI=1S/C23H24ClF3N6O/c1-3-31-8-10-32(11-9-31)19-6-5-17(12-15(19)2)30-18-14-29-33(22(34)21(18)24)20-7-4-16(13-28-20)23(25,26)27/h4-7,12-14,30H,3,8-11H2,1-2H3. The fraction of sp³-hybridized carbons (Fsp3) is 0.348. The predicted molar refractivity (Wildman–Crippen MR) is 126 cm³/mol. The van der Waals surface area contributed by atoms with Crippen LogP contribution in [0.5, 0.6) is 0 Å². The van der Waals surface area contributed by atoms with E-state index in [1.165, 1.54) is 6.20 Å². The summed E-state index contributed by atoms with van der Waals surface area (Å²) in [6.45, 7) is 9.24. The number of halogens is 4. The van der Waals surface area contributed by atoms with Crippen LogP contribution >= 0.6 is 11.6 Å². The van der Waals surface area contributed by atoms with Crippen molar-refractivity contribution in [3.63, 3.8) is 0 Å². The number of hydrogen-bond donors (Lipinski definition) is 1. The minimum Gasteiger partial charge on any atom is -0.369 e. The van der Waals surface area contributed by atoms with E-state index in [-0.39, 0.29) is 10.8 Å². The molecule has 0 radical (unpaired) electrons. The number of hydrogen-bond acceptors (Lipinski definition) is 6. The Hall–Kier alpha value is -3.11. The van der Waals surface area contributed by atoms with Gasteiger partial charge in [-0.2, -0.15) is 23.0 Å². The van der Waals surface area contributed by atoms with Gasteiger partial charge in [-0.3, -0.25) is 4.79 Å². The molecule has 1 aliphatic heterocycles. The summed E-state index contributed by atoms with van der Waals surface area (Å²) in [6, 6.07) is 7.83. The summed E-state index contributed by atoms with van der Waals surface area (Å²) < 4.78 is 39.1. The van der Waals surface area contributed by atoms with Gasteiger partial charge in [0.2, 0.25) is 0 Å². The molecule has 0 amide bonds. The van der Waals surface area contributed by atoms with Gasteiger partial charge in [0.05, 0.1) is 17.4 Å². The van der Waals surface area contributed by atoms with Crippen LogP contribution in [0.4, 0.5) is 30.2 Å². The summed E-state index contributed by atoms with van der Waals surface area (Å²) in [6.07, 6.45) is -2.53. The van der Waals surface area contributed by atoms with Crippen molar-refractivity contribution in [2.75, 3.05) is 42.9 Å². The number of alkyl halides is 3. The molecule has 0 saturated carbocycles. The lowest BCUT2D eigenvalue weighted by molar-refractivity contribution is -0.137. The Kier molecular flexibility index (Phi) is 6.81. The molecule has 0 spiro atoms. The predicted octanol–water partition coefficient (Wildman–Crippen LogP) is 4.49. The Bertz CT molecular complexity index is 1220. The van der Waals surface area contributed by atoms with Crippen molar-refractivity contribution in [3.05, 3.63) is 69.2 Å². The highest BCUT2D eigenvalue weighted by molar-refractivity contribution is 6.33. The van der Waals surface area contributed by atoms with E-state index < -0.39 is 17.3 Å². The first-order valence-electron chi connectivity index (χ1n) is 10.8. The molecule has 1 saturated heterocycles. The minimum atomic E-state index is -4.52. The van der Waals surface area contributed by atoms with Gasteiger partial charge in [-0.05, 0) is 49.4 Å². The molecule has 1 aliphatic rings. The minimum absolute atomic E-state index is 0.0604. The maximum atomic E-state index is 12.8. The Morgan fingerprint density at radius 3 is 2.41 bits per heavy atom. The van der Waals surface area contributed by atoms with Gasteiger partial charge in [-0.25, -0.2) is 4.98 Å². The van der Waals surface area contributed by atoms with Crippen LogP contribution in [0.25, 0.3) is 5.82 Å². The van der Waals surface area contributed by atoms with E-state index in [1.807, 2.05) is 25.1 Å². The maximum Gasteiger partial charge on any atom is 0.417 e. The molecule has 11 heteroatoms. The van der Waals surface area contributed by atoms with Gasteiger partial charge in [-0.1, -0.05) is 18.5 Å². The van der Waals surface area contributed by atoms with E-state index in [0.29, 0.717) is 11.9 Å². The van der Waals surface area contributed by atoms with Crippen molar-refractivity contribution in [1.29, 1.82) is 0 Å². The van der Waals surface area contributed by atoms with Gasteiger partial charge < -0.3 is 15.1 Å². The molecule has 0 bridgehead atoms. The topological polar surface area (TPSA) is 66.3 Å². The molecule has 180 valence electrons. The highest BCUT2D eigenvalue weighted by Crippen LogP contribution is 2.30. The molecule has 3 heterocycles. The van der Waals surface area contributed by atoms with E-state index in [1.54, 1.807) is 0 Å². The van der Waals surface area contributed by atoms with Crippen LogP contribution in [0.1, 0.15) is 18.1 Å². The summed E-state index contributed by atoms with van der Waals surface area (Å²) in [5.41, 5.74) is 1.66. The second kappa shape index (κ2) is 9.63. The van der Waals surface area contributed by atoms with Gasteiger partial charge in [0, 0.05) is 43.8 Å². The van der Waals surface area contributed by atoms with Crippen LogP contribution in [0.2, 0.25) is 5.02 Å². The molecule has 0 unspecified atom stereocenters. The fourth-order valence-electron chi connectivity index (χ4n) is 3.91. The maximum absolute atomic E-state index is 12.8. The highest BCUT2D eigenvalue weighted by Gasteiger charge is 2.30. The number of likely N-dealkylation sites (N-methyl/N-ethyl adjacent to an activating group) is 1. The van der Waals surface area contributed by atoms with Crippen molar-refractivity contribution in [3.8, 4) is 5.82 Å². The van der Waals surface area contributed by atoms with Crippen LogP contribution in [0.15, 0.2) is 47.5 Å². The zero-order chi connectivity index (χ0) is 24.5. The lowest BCUT2D eigenvalue weighted by Gasteiger charge is -2.36. The zero-order valence-electron chi connectivity index (χ0n) is 18.7. The van der Waals surface area contributed by atoms with E-state index in [4.69, 9.17) is 11.6 Å². The Morgan fingerprint density at radius 1 is 1.09 bits per heavy atom. The summed E-state index contributed by atoms with van der Waals surface area (Å²) in [5.74, 6) is -0.0604. The first kappa shape index (κ1) is 24.0. The van der Waals surface area contributed by atoms with Crippen LogP contribution < -0.4 is 15.8 Å². The van der Waals surface area contributed by atoms with E-state index in [2.05, 4.69) is 32.1 Å². The fourth-order valence-corrected chi connectivity index (χ4v) is 4.09. The smallest absolute Gasteiger partial charge is 0.369 e. The third kappa shape index (κ3) is 5.02. The normalized spacial score (nSPS) is 14.9. The second-order valence-corrected chi connectivity index (χ2v) is 8.42. The molecule has 4 rings (SSSR count). The van der Waals surface area contributed by atoms with Crippen molar-refractivity contribution >= 4 is 28.7 Å². The molecule has 1 fully saturated rings. The summed E-state index contributed by atoms with van der Waals surface area (Å²) >= 11 is 6.27. The average Bonchev–Trinajstić information content (AvgIpc) is 2.82. The molecular formula is C23H24ClF3N6O.